The largest absolute Gasteiger partial charge is 0.396 e. The summed E-state index contributed by atoms with van der Waals surface area (Å²) >= 11 is 0. The van der Waals surface area contributed by atoms with E-state index in [-0.39, 0.29) is 24.6 Å². The lowest BCUT2D eigenvalue weighted by Crippen LogP contribution is -2.52. The third-order valence-corrected chi connectivity index (χ3v) is 5.02. The Morgan fingerprint density at radius 3 is 2.58 bits per heavy atom. The van der Waals surface area contributed by atoms with E-state index in [4.69, 9.17) is 0 Å². The first-order valence-corrected chi connectivity index (χ1v) is 9.03. The highest BCUT2D eigenvalue weighted by atomic mass is 16.3. The minimum atomic E-state index is -0.707. The molecule has 1 aliphatic carbocycles. The highest BCUT2D eigenvalue weighted by molar-refractivity contribution is 6.03. The first-order valence-electron chi connectivity index (χ1n) is 9.03. The predicted molar refractivity (Wildman–Crippen MR) is 94.3 cm³/mol. The van der Waals surface area contributed by atoms with Gasteiger partial charge in [-0.2, -0.15) is 0 Å². The van der Waals surface area contributed by atoms with E-state index in [0.717, 1.165) is 31.4 Å². The van der Waals surface area contributed by atoms with Crippen LogP contribution in [0.5, 0.6) is 0 Å². The molecule has 1 atom stereocenters. The van der Waals surface area contributed by atoms with Crippen LogP contribution in [0.25, 0.3) is 0 Å². The smallest absolute Gasteiger partial charge is 0.270 e. The third-order valence-electron chi connectivity index (χ3n) is 5.02. The number of aromatic nitrogens is 1. The number of carbonyl (C=O) groups excluding carboxylic acids is 3. The second-order valence-corrected chi connectivity index (χ2v) is 6.95. The Labute approximate surface area is 151 Å². The lowest BCUT2D eigenvalue weighted by molar-refractivity contribution is -0.134. The molecule has 3 rings (SSSR count). The fraction of sp³-hybridized carbons (Fsp3) is 0.556. The molecule has 4 N–H and O–H groups in total. The molecule has 1 saturated carbocycles. The zero-order valence-corrected chi connectivity index (χ0v) is 14.5. The van der Waals surface area contributed by atoms with Gasteiger partial charge in [0.2, 0.25) is 11.8 Å². The number of amides is 3. The Morgan fingerprint density at radius 2 is 1.96 bits per heavy atom. The van der Waals surface area contributed by atoms with Crippen LogP contribution in [0.1, 0.15) is 49.0 Å². The van der Waals surface area contributed by atoms with Crippen molar-refractivity contribution in [2.24, 2.45) is 5.92 Å². The zero-order chi connectivity index (χ0) is 18.5. The van der Waals surface area contributed by atoms with Gasteiger partial charge in [-0.05, 0) is 50.2 Å². The van der Waals surface area contributed by atoms with Crippen molar-refractivity contribution in [3.8, 4) is 0 Å². The number of pyridine rings is 1. The first kappa shape index (κ1) is 18.3. The molecule has 2 fully saturated rings. The Hall–Kier alpha value is -2.48. The van der Waals surface area contributed by atoms with E-state index in [9.17, 15) is 19.5 Å². The van der Waals surface area contributed by atoms with Crippen LogP contribution >= 0.6 is 0 Å². The fourth-order valence-electron chi connectivity index (χ4n) is 3.40. The van der Waals surface area contributed by atoms with Crippen LogP contribution in [0.4, 0.5) is 5.69 Å². The summed E-state index contributed by atoms with van der Waals surface area (Å²) in [6, 6.07) is 3.05. The van der Waals surface area contributed by atoms with Gasteiger partial charge < -0.3 is 15.7 Å². The van der Waals surface area contributed by atoms with E-state index in [1.807, 2.05) is 0 Å². The van der Waals surface area contributed by atoms with Crippen molar-refractivity contribution < 1.29 is 19.5 Å². The van der Waals surface area contributed by atoms with E-state index in [2.05, 4.69) is 20.9 Å². The molecule has 1 aromatic rings. The number of aliphatic hydroxyl groups is 1. The molecule has 0 radical (unpaired) electrons. The average Bonchev–Trinajstić information content (AvgIpc) is 2.65. The molecule has 26 heavy (non-hydrogen) atoms. The summed E-state index contributed by atoms with van der Waals surface area (Å²) in [7, 11) is 0. The van der Waals surface area contributed by atoms with Gasteiger partial charge in [-0.25, -0.2) is 4.98 Å². The van der Waals surface area contributed by atoms with Crippen LogP contribution in [0.2, 0.25) is 0 Å². The Balaban J connectivity index is 1.51. The molecule has 140 valence electrons. The van der Waals surface area contributed by atoms with E-state index < -0.39 is 17.9 Å². The van der Waals surface area contributed by atoms with Gasteiger partial charge in [-0.1, -0.05) is 0 Å². The second kappa shape index (κ2) is 8.27. The number of rotatable bonds is 5. The number of imide groups is 1. The molecule has 0 bridgehead atoms. The molecule has 0 spiro atoms. The maximum Gasteiger partial charge on any atom is 0.270 e. The summed E-state index contributed by atoms with van der Waals surface area (Å²) in [5.41, 5.74) is 1.07. The molecular weight excluding hydrogens is 336 g/mol. The Morgan fingerprint density at radius 1 is 1.19 bits per heavy atom. The average molecular weight is 360 g/mol. The molecule has 1 aromatic heterocycles. The lowest BCUT2D eigenvalue weighted by Gasteiger charge is -2.28. The number of anilines is 1. The second-order valence-electron chi connectivity index (χ2n) is 6.95. The van der Waals surface area contributed by atoms with E-state index in [0.29, 0.717) is 18.4 Å². The number of piperidine rings is 1. The number of hydrogen-bond acceptors (Lipinski definition) is 6. The van der Waals surface area contributed by atoms with Crippen LogP contribution in [0.15, 0.2) is 18.3 Å². The maximum absolute atomic E-state index is 12.2. The topological polar surface area (TPSA) is 120 Å². The Bertz CT molecular complexity index is 668. The number of nitrogens with one attached hydrogen (secondary N) is 3. The van der Waals surface area contributed by atoms with Gasteiger partial charge in [0.05, 0.1) is 11.9 Å². The van der Waals surface area contributed by atoms with Crippen LogP contribution in [-0.2, 0) is 9.59 Å². The van der Waals surface area contributed by atoms with Crippen molar-refractivity contribution in [2.45, 2.75) is 50.6 Å². The fourth-order valence-corrected chi connectivity index (χ4v) is 3.40. The minimum absolute atomic E-state index is 0.214. The highest BCUT2D eigenvalue weighted by Gasteiger charge is 2.28. The summed E-state index contributed by atoms with van der Waals surface area (Å²) in [6.45, 7) is 0.255. The summed E-state index contributed by atoms with van der Waals surface area (Å²) in [5, 5.41) is 17.4. The predicted octanol–water partition coefficient (Wildman–Crippen LogP) is 0.580. The van der Waals surface area contributed by atoms with Crippen molar-refractivity contribution in [2.75, 3.05) is 11.9 Å². The van der Waals surface area contributed by atoms with Crippen molar-refractivity contribution in [3.63, 3.8) is 0 Å². The summed E-state index contributed by atoms with van der Waals surface area (Å²) in [6.07, 6.45) is 6.14. The lowest BCUT2D eigenvalue weighted by atomic mass is 9.86. The van der Waals surface area contributed by atoms with Gasteiger partial charge in [0.1, 0.15) is 11.7 Å². The standard InChI is InChI=1S/C18H24N4O4/c23-10-11-1-3-12(4-2-11)20-13-5-6-14(19-9-13)17(25)21-15-7-8-16(24)22-18(15)26/h5-6,9,11-12,15,20,23H,1-4,7-8,10H2,(H,21,25)(H,22,24,26). The maximum atomic E-state index is 12.2. The summed E-state index contributed by atoms with van der Waals surface area (Å²) in [4.78, 5) is 39.2. The van der Waals surface area contributed by atoms with E-state index in [1.165, 1.54) is 0 Å². The Kier molecular flexibility index (Phi) is 5.82. The molecule has 1 saturated heterocycles. The van der Waals surface area contributed by atoms with Crippen molar-refractivity contribution in [1.82, 2.24) is 15.6 Å². The number of aliphatic hydroxyl groups excluding tert-OH is 1. The zero-order valence-electron chi connectivity index (χ0n) is 14.5. The quantitative estimate of drug-likeness (QED) is 0.570. The van der Waals surface area contributed by atoms with Gasteiger partial charge in [-0.15, -0.1) is 0 Å². The number of nitrogens with zero attached hydrogens (tertiary/aromatic N) is 1. The molecule has 8 nitrogen and oxygen atoms in total. The van der Waals surface area contributed by atoms with Gasteiger partial charge in [-0.3, -0.25) is 19.7 Å². The van der Waals surface area contributed by atoms with Crippen molar-refractivity contribution in [3.05, 3.63) is 24.0 Å². The summed E-state index contributed by atoms with van der Waals surface area (Å²) < 4.78 is 0. The van der Waals surface area contributed by atoms with E-state index >= 15 is 0 Å². The molecule has 3 amide bonds. The number of carbonyl (C=O) groups is 3. The first-order chi connectivity index (χ1) is 12.5. The molecule has 8 heteroatoms. The van der Waals surface area contributed by atoms with Gasteiger partial charge in [0.15, 0.2) is 0 Å². The highest BCUT2D eigenvalue weighted by Crippen LogP contribution is 2.26. The van der Waals surface area contributed by atoms with Gasteiger partial charge in [0.25, 0.3) is 5.91 Å². The monoisotopic (exact) mass is 360 g/mol. The van der Waals surface area contributed by atoms with Crippen LogP contribution in [0, 0.1) is 5.92 Å². The minimum Gasteiger partial charge on any atom is -0.396 e. The molecule has 0 aromatic carbocycles. The third kappa shape index (κ3) is 4.57. The molecule has 1 aliphatic heterocycles. The van der Waals surface area contributed by atoms with Crippen molar-refractivity contribution in [1.29, 1.82) is 0 Å². The van der Waals surface area contributed by atoms with Crippen LogP contribution in [-0.4, -0.2) is 46.5 Å². The molecule has 1 unspecified atom stereocenters. The van der Waals surface area contributed by atoms with Crippen LogP contribution in [0.3, 0.4) is 0 Å². The SMILES string of the molecule is O=C1CCC(NC(=O)c2ccc(NC3CCC(CO)CC3)cn2)C(=O)N1. The van der Waals surface area contributed by atoms with Gasteiger partial charge in [0, 0.05) is 19.1 Å². The summed E-state index contributed by atoms with van der Waals surface area (Å²) in [5.74, 6) is -0.826. The molecule has 2 heterocycles. The van der Waals surface area contributed by atoms with Crippen LogP contribution < -0.4 is 16.0 Å². The molecular formula is C18H24N4O4. The van der Waals surface area contributed by atoms with Crippen molar-refractivity contribution >= 4 is 23.4 Å². The van der Waals surface area contributed by atoms with Gasteiger partial charge >= 0.3 is 0 Å². The number of hydrogen-bond donors (Lipinski definition) is 4. The molecule has 2 aliphatic rings. The normalized spacial score (nSPS) is 26.1. The van der Waals surface area contributed by atoms with E-state index in [1.54, 1.807) is 18.3 Å².